The van der Waals surface area contributed by atoms with E-state index in [9.17, 15) is 18.0 Å². The molecule has 2 unspecified atom stereocenters. The third kappa shape index (κ3) is 3.26. The number of piperazine rings is 1. The number of rotatable bonds is 3. The molecule has 0 aliphatic carbocycles. The second-order valence-electron chi connectivity index (χ2n) is 4.75. The standard InChI is InChI=1S/C11H19N3O4S2/c1-2-20(17,18)10-7-19-4-3-14(10)11(16)8-5-13-9(15)6-12-8/h8,10,12H,2-7H2,1H3,(H,13,15). The smallest absolute Gasteiger partial charge is 0.242 e. The molecule has 2 amide bonds. The Labute approximate surface area is 122 Å². The van der Waals surface area contributed by atoms with Crippen molar-refractivity contribution in [1.29, 1.82) is 0 Å². The summed E-state index contributed by atoms with van der Waals surface area (Å²) in [4.78, 5) is 25.0. The molecule has 9 heteroatoms. The van der Waals surface area contributed by atoms with Gasteiger partial charge in [0.15, 0.2) is 9.84 Å². The van der Waals surface area contributed by atoms with E-state index in [0.717, 1.165) is 5.75 Å². The van der Waals surface area contributed by atoms with Crippen LogP contribution in [0.25, 0.3) is 0 Å². The van der Waals surface area contributed by atoms with Crippen molar-refractivity contribution in [2.75, 3.05) is 36.9 Å². The summed E-state index contributed by atoms with van der Waals surface area (Å²) in [5.41, 5.74) is 0. The van der Waals surface area contributed by atoms with Gasteiger partial charge < -0.3 is 10.2 Å². The molecule has 7 nitrogen and oxygen atoms in total. The predicted octanol–water partition coefficient (Wildman–Crippen LogP) is -1.59. The monoisotopic (exact) mass is 321 g/mol. The highest BCUT2D eigenvalue weighted by molar-refractivity contribution is 8.01. The molecule has 2 saturated heterocycles. The lowest BCUT2D eigenvalue weighted by Gasteiger charge is -2.37. The third-order valence-electron chi connectivity index (χ3n) is 3.50. The van der Waals surface area contributed by atoms with E-state index in [-0.39, 0.29) is 30.7 Å². The molecule has 0 aromatic rings. The zero-order valence-corrected chi connectivity index (χ0v) is 12.9. The average Bonchev–Trinajstić information content (AvgIpc) is 2.47. The molecule has 0 aromatic carbocycles. The minimum Gasteiger partial charge on any atom is -0.353 e. The Balaban J connectivity index is 2.11. The van der Waals surface area contributed by atoms with Gasteiger partial charge in [-0.15, -0.1) is 0 Å². The fraction of sp³-hybridized carbons (Fsp3) is 0.818. The average molecular weight is 321 g/mol. The van der Waals surface area contributed by atoms with Crippen LogP contribution in [-0.4, -0.2) is 73.4 Å². The summed E-state index contributed by atoms with van der Waals surface area (Å²) >= 11 is 1.55. The van der Waals surface area contributed by atoms with Crippen LogP contribution in [0.3, 0.4) is 0 Å². The quantitative estimate of drug-likeness (QED) is 0.651. The van der Waals surface area contributed by atoms with Gasteiger partial charge in [-0.25, -0.2) is 8.42 Å². The third-order valence-corrected chi connectivity index (χ3v) is 6.78. The Bertz CT molecular complexity index is 484. The molecule has 0 bridgehead atoms. The molecule has 2 atom stereocenters. The number of hydrogen-bond donors (Lipinski definition) is 2. The number of carbonyl (C=O) groups excluding carboxylic acids is 2. The van der Waals surface area contributed by atoms with E-state index in [2.05, 4.69) is 10.6 Å². The van der Waals surface area contributed by atoms with Gasteiger partial charge in [0.25, 0.3) is 0 Å². The normalized spacial score (nSPS) is 28.1. The first-order chi connectivity index (χ1) is 9.45. The topological polar surface area (TPSA) is 95.6 Å². The molecule has 0 saturated carbocycles. The molecular formula is C11H19N3O4S2. The Morgan fingerprint density at radius 1 is 1.50 bits per heavy atom. The van der Waals surface area contributed by atoms with E-state index in [4.69, 9.17) is 0 Å². The van der Waals surface area contributed by atoms with Crippen molar-refractivity contribution in [2.45, 2.75) is 18.3 Å². The first-order valence-corrected chi connectivity index (χ1v) is 9.42. The molecule has 0 aromatic heterocycles. The molecule has 2 rings (SSSR count). The second kappa shape index (κ2) is 6.31. The van der Waals surface area contributed by atoms with Gasteiger partial charge in [0, 0.05) is 30.3 Å². The van der Waals surface area contributed by atoms with Gasteiger partial charge in [-0.1, -0.05) is 6.92 Å². The van der Waals surface area contributed by atoms with Crippen molar-refractivity contribution in [1.82, 2.24) is 15.5 Å². The van der Waals surface area contributed by atoms with Crippen LogP contribution in [0.2, 0.25) is 0 Å². The van der Waals surface area contributed by atoms with Crippen molar-refractivity contribution in [3.05, 3.63) is 0 Å². The SMILES string of the molecule is CCS(=O)(=O)C1CSCCN1C(=O)C1CNC(=O)CN1. The summed E-state index contributed by atoms with van der Waals surface area (Å²) in [5, 5.41) is 4.72. The zero-order chi connectivity index (χ0) is 14.8. The lowest BCUT2D eigenvalue weighted by Crippen LogP contribution is -2.62. The molecular weight excluding hydrogens is 302 g/mol. The fourth-order valence-electron chi connectivity index (χ4n) is 2.26. The highest BCUT2D eigenvalue weighted by Gasteiger charge is 2.39. The van der Waals surface area contributed by atoms with Gasteiger partial charge >= 0.3 is 0 Å². The Hall–Kier alpha value is -0.800. The number of nitrogens with zero attached hydrogens (tertiary/aromatic N) is 1. The van der Waals surface area contributed by atoms with Crippen molar-refractivity contribution in [3.63, 3.8) is 0 Å². The van der Waals surface area contributed by atoms with Crippen molar-refractivity contribution in [3.8, 4) is 0 Å². The fourth-order valence-corrected chi connectivity index (χ4v) is 5.24. The van der Waals surface area contributed by atoms with Gasteiger partial charge in [-0.3, -0.25) is 14.9 Å². The summed E-state index contributed by atoms with van der Waals surface area (Å²) < 4.78 is 24.2. The van der Waals surface area contributed by atoms with Crippen LogP contribution in [0.5, 0.6) is 0 Å². The highest BCUT2D eigenvalue weighted by atomic mass is 32.2. The number of thioether (sulfide) groups is 1. The second-order valence-corrected chi connectivity index (χ2v) is 8.35. The van der Waals surface area contributed by atoms with Crippen LogP contribution < -0.4 is 10.6 Å². The number of nitrogens with one attached hydrogen (secondary N) is 2. The van der Waals surface area contributed by atoms with Crippen LogP contribution in [0.1, 0.15) is 6.92 Å². The zero-order valence-electron chi connectivity index (χ0n) is 11.3. The Morgan fingerprint density at radius 3 is 2.85 bits per heavy atom. The molecule has 2 aliphatic heterocycles. The van der Waals surface area contributed by atoms with E-state index < -0.39 is 21.3 Å². The van der Waals surface area contributed by atoms with Crippen LogP contribution in [0.4, 0.5) is 0 Å². The molecule has 0 spiro atoms. The number of carbonyl (C=O) groups is 2. The maximum absolute atomic E-state index is 12.5. The molecule has 20 heavy (non-hydrogen) atoms. The van der Waals surface area contributed by atoms with E-state index in [1.807, 2.05) is 0 Å². The summed E-state index contributed by atoms with van der Waals surface area (Å²) in [6.45, 7) is 2.32. The van der Waals surface area contributed by atoms with Crippen molar-refractivity contribution >= 4 is 33.4 Å². The minimum absolute atomic E-state index is 0.0246. The van der Waals surface area contributed by atoms with Gasteiger partial charge in [-0.05, 0) is 0 Å². The molecule has 0 radical (unpaired) electrons. The maximum atomic E-state index is 12.5. The molecule has 114 valence electrons. The number of amides is 2. The van der Waals surface area contributed by atoms with Crippen LogP contribution in [0, 0.1) is 0 Å². The lowest BCUT2D eigenvalue weighted by molar-refractivity contribution is -0.135. The summed E-state index contributed by atoms with van der Waals surface area (Å²) in [7, 11) is -3.30. The molecule has 2 aliphatic rings. The first-order valence-electron chi connectivity index (χ1n) is 6.55. The summed E-state index contributed by atoms with van der Waals surface area (Å²) in [6, 6.07) is -0.537. The maximum Gasteiger partial charge on any atom is 0.242 e. The first kappa shape index (κ1) is 15.6. The van der Waals surface area contributed by atoms with E-state index in [1.165, 1.54) is 4.90 Å². The minimum atomic E-state index is -3.30. The largest absolute Gasteiger partial charge is 0.353 e. The van der Waals surface area contributed by atoms with Gasteiger partial charge in [0.05, 0.1) is 6.54 Å². The lowest BCUT2D eigenvalue weighted by atomic mass is 10.2. The predicted molar refractivity (Wildman–Crippen MR) is 77.1 cm³/mol. The summed E-state index contributed by atoms with van der Waals surface area (Å²) in [5.74, 6) is 0.784. The number of hydrogen-bond acceptors (Lipinski definition) is 6. The Morgan fingerprint density at radius 2 is 2.25 bits per heavy atom. The van der Waals surface area contributed by atoms with E-state index >= 15 is 0 Å². The van der Waals surface area contributed by atoms with Crippen LogP contribution in [-0.2, 0) is 19.4 Å². The number of sulfone groups is 1. The van der Waals surface area contributed by atoms with E-state index in [1.54, 1.807) is 18.7 Å². The van der Waals surface area contributed by atoms with Gasteiger partial charge in [-0.2, -0.15) is 11.8 Å². The van der Waals surface area contributed by atoms with Gasteiger partial charge in [0.1, 0.15) is 11.4 Å². The highest BCUT2D eigenvalue weighted by Crippen LogP contribution is 2.22. The summed E-state index contributed by atoms with van der Waals surface area (Å²) in [6.07, 6.45) is 0. The van der Waals surface area contributed by atoms with Gasteiger partial charge in [0.2, 0.25) is 11.8 Å². The van der Waals surface area contributed by atoms with Crippen LogP contribution >= 0.6 is 11.8 Å². The molecule has 2 N–H and O–H groups in total. The molecule has 2 fully saturated rings. The van der Waals surface area contributed by atoms with Crippen molar-refractivity contribution in [2.24, 2.45) is 0 Å². The van der Waals surface area contributed by atoms with E-state index in [0.29, 0.717) is 12.3 Å². The Kier molecular flexibility index (Phi) is 4.92. The molecule has 2 heterocycles. The van der Waals surface area contributed by atoms with Crippen molar-refractivity contribution < 1.29 is 18.0 Å². The van der Waals surface area contributed by atoms with Crippen LogP contribution in [0.15, 0.2) is 0 Å².